The summed E-state index contributed by atoms with van der Waals surface area (Å²) in [5, 5.41) is 0. The average molecular weight is 363 g/mol. The normalized spacial score (nSPS) is 7.25. The van der Waals surface area contributed by atoms with Gasteiger partial charge in [-0.2, -0.15) is 35.4 Å². The summed E-state index contributed by atoms with van der Waals surface area (Å²) in [6, 6.07) is 0. The monoisotopic (exact) mass is 363 g/mol. The molecule has 0 aromatic rings. The van der Waals surface area contributed by atoms with Gasteiger partial charge in [0.2, 0.25) is 0 Å². The van der Waals surface area contributed by atoms with Crippen molar-refractivity contribution in [3.63, 3.8) is 0 Å². The van der Waals surface area contributed by atoms with Gasteiger partial charge in [0.25, 0.3) is 0 Å². The van der Waals surface area contributed by atoms with Gasteiger partial charge in [0.05, 0.1) is 0 Å². The van der Waals surface area contributed by atoms with E-state index in [2.05, 4.69) is 0 Å². The van der Waals surface area contributed by atoms with E-state index in [4.69, 9.17) is 17.5 Å². The Morgan fingerprint density at radius 1 is 1.00 bits per heavy atom. The molecule has 0 saturated heterocycles. The van der Waals surface area contributed by atoms with Crippen LogP contribution < -0.4 is 0 Å². The second-order valence-electron chi connectivity index (χ2n) is 0.448. The topological polar surface area (TPSA) is 74.6 Å². The fourth-order valence-electron chi connectivity index (χ4n) is 0. The minimum Gasteiger partial charge on any atom is -0.264 e. The van der Waals surface area contributed by atoms with Crippen molar-refractivity contribution in [2.45, 2.75) is 0 Å². The van der Waals surface area contributed by atoms with Crippen molar-refractivity contribution < 1.29 is 39.9 Å². The van der Waals surface area contributed by atoms with Crippen LogP contribution in [0.4, 0.5) is 0 Å². The predicted molar refractivity (Wildman–Crippen MR) is 34.9 cm³/mol. The molecule has 59 valence electrons. The standard InChI is InChI=1S/Au.H2O4S.2H2S/c;1-5(2,3)4;;/h;(H2,1,2,3,4);2*1H2. The molecule has 0 aliphatic heterocycles. The fraction of sp³-hybridized carbons (Fsp3) is 0. The molecule has 0 bridgehead atoms. The van der Waals surface area contributed by atoms with Crippen molar-refractivity contribution in [3.05, 3.63) is 0 Å². The van der Waals surface area contributed by atoms with Crippen LogP contribution >= 0.6 is 27.0 Å². The molecule has 0 aliphatic carbocycles. The van der Waals surface area contributed by atoms with E-state index in [1.165, 1.54) is 0 Å². The first-order valence-electron chi connectivity index (χ1n) is 0.698. The molecule has 0 fully saturated rings. The van der Waals surface area contributed by atoms with Crippen molar-refractivity contribution in [1.82, 2.24) is 0 Å². The Hall–Kier alpha value is 1.31. The molecule has 8 heteroatoms. The van der Waals surface area contributed by atoms with Gasteiger partial charge in [-0.05, 0) is 0 Å². The van der Waals surface area contributed by atoms with Crippen LogP contribution in [0.25, 0.3) is 0 Å². The largest absolute Gasteiger partial charge is 0.394 e. The van der Waals surface area contributed by atoms with E-state index in [1.54, 1.807) is 0 Å². The van der Waals surface area contributed by atoms with Crippen molar-refractivity contribution in [3.8, 4) is 0 Å². The van der Waals surface area contributed by atoms with Crippen molar-refractivity contribution in [2.75, 3.05) is 0 Å². The molecule has 0 amide bonds. The van der Waals surface area contributed by atoms with Crippen LogP contribution in [0.2, 0.25) is 0 Å². The minimum absolute atomic E-state index is 0. The summed E-state index contributed by atoms with van der Waals surface area (Å²) >= 11 is 0. The van der Waals surface area contributed by atoms with Gasteiger partial charge in [0, 0.05) is 22.4 Å². The zero-order chi connectivity index (χ0) is 4.50. The SMILES string of the molecule is O=S(=O)(O)O.S.S.[Au]. The smallest absolute Gasteiger partial charge is 0.264 e. The maximum Gasteiger partial charge on any atom is 0.394 e. The number of rotatable bonds is 0. The van der Waals surface area contributed by atoms with Gasteiger partial charge in [-0.25, -0.2) is 0 Å². The summed E-state index contributed by atoms with van der Waals surface area (Å²) < 4.78 is 31.6. The molecule has 2 N–H and O–H groups in total. The van der Waals surface area contributed by atoms with E-state index in [0.29, 0.717) is 0 Å². The van der Waals surface area contributed by atoms with Crippen LogP contribution in [0.3, 0.4) is 0 Å². The maximum absolute atomic E-state index is 8.74. The zero-order valence-electron chi connectivity index (χ0n) is 3.42. The Kier molecular flexibility index (Phi) is 23.7. The molecule has 8 heavy (non-hydrogen) atoms. The molecule has 0 aromatic heterocycles. The van der Waals surface area contributed by atoms with Gasteiger partial charge in [0.1, 0.15) is 0 Å². The minimum atomic E-state index is -4.67. The van der Waals surface area contributed by atoms with E-state index in [0.717, 1.165) is 0 Å². The van der Waals surface area contributed by atoms with E-state index in [1.807, 2.05) is 0 Å². The van der Waals surface area contributed by atoms with Crippen LogP contribution in [-0.2, 0) is 32.8 Å². The van der Waals surface area contributed by atoms with Crippen LogP contribution in [0, 0.1) is 0 Å². The molecule has 4 nitrogen and oxygen atoms in total. The molecule has 0 aromatic carbocycles. The van der Waals surface area contributed by atoms with Gasteiger partial charge in [-0.15, -0.1) is 0 Å². The number of hydrogen-bond acceptors (Lipinski definition) is 2. The van der Waals surface area contributed by atoms with E-state index in [9.17, 15) is 0 Å². The first-order chi connectivity index (χ1) is 2.00. The molecule has 0 aliphatic rings. The summed E-state index contributed by atoms with van der Waals surface area (Å²) in [6.45, 7) is 0. The van der Waals surface area contributed by atoms with Crippen LogP contribution in [0.5, 0.6) is 0 Å². The summed E-state index contributed by atoms with van der Waals surface area (Å²) in [5.74, 6) is 0. The summed E-state index contributed by atoms with van der Waals surface area (Å²) in [4.78, 5) is 0. The molecule has 0 saturated carbocycles. The fourth-order valence-corrected chi connectivity index (χ4v) is 0. The maximum atomic E-state index is 8.74. The zero-order valence-corrected chi connectivity index (χ0v) is 8.40. The Labute approximate surface area is 77.0 Å². The van der Waals surface area contributed by atoms with Crippen LogP contribution in [0.15, 0.2) is 0 Å². The van der Waals surface area contributed by atoms with Crippen molar-refractivity contribution in [1.29, 1.82) is 0 Å². The third-order valence-electron chi connectivity index (χ3n) is 0. The number of hydrogen-bond donors (Lipinski definition) is 2. The van der Waals surface area contributed by atoms with Gasteiger partial charge >= 0.3 is 10.4 Å². The van der Waals surface area contributed by atoms with Gasteiger partial charge in [-0.1, -0.05) is 0 Å². The summed E-state index contributed by atoms with van der Waals surface area (Å²) in [7, 11) is -4.67. The summed E-state index contributed by atoms with van der Waals surface area (Å²) in [6.07, 6.45) is 0. The second-order valence-corrected chi connectivity index (χ2v) is 1.34. The Balaban J connectivity index is -0.0000000267. The molecular formula is H6AuO4S3. The third kappa shape index (κ3) is 170. The first kappa shape index (κ1) is 22.8. The van der Waals surface area contributed by atoms with Crippen LogP contribution in [0.1, 0.15) is 0 Å². The molecule has 1 radical (unpaired) electrons. The van der Waals surface area contributed by atoms with Crippen LogP contribution in [-0.4, -0.2) is 17.5 Å². The van der Waals surface area contributed by atoms with E-state index in [-0.39, 0.29) is 49.4 Å². The summed E-state index contributed by atoms with van der Waals surface area (Å²) in [5.41, 5.74) is 0. The van der Waals surface area contributed by atoms with E-state index >= 15 is 0 Å². The molecule has 0 spiro atoms. The van der Waals surface area contributed by atoms with Gasteiger partial charge in [0.15, 0.2) is 0 Å². The Morgan fingerprint density at radius 3 is 1.00 bits per heavy atom. The Morgan fingerprint density at radius 2 is 1.00 bits per heavy atom. The Bertz CT molecular complexity index is 94.5. The average Bonchev–Trinajstić information content (AvgIpc) is 0.722. The molecule has 0 unspecified atom stereocenters. The molecule has 0 heterocycles. The first-order valence-corrected chi connectivity index (χ1v) is 2.10. The van der Waals surface area contributed by atoms with Gasteiger partial charge in [-0.3, -0.25) is 9.11 Å². The predicted octanol–water partition coefficient (Wildman–Crippen LogP) is -0.430. The second kappa shape index (κ2) is 8.31. The molecule has 0 atom stereocenters. The van der Waals surface area contributed by atoms with Crippen molar-refractivity contribution in [2.24, 2.45) is 0 Å². The van der Waals surface area contributed by atoms with Gasteiger partial charge < -0.3 is 0 Å². The molecular weight excluding hydrogens is 357 g/mol. The van der Waals surface area contributed by atoms with E-state index < -0.39 is 10.4 Å². The van der Waals surface area contributed by atoms with Crippen molar-refractivity contribution >= 4 is 37.4 Å². The quantitative estimate of drug-likeness (QED) is 0.453. The third-order valence-corrected chi connectivity index (χ3v) is 0. The molecule has 0 rings (SSSR count).